The molecule has 1 spiro atoms. The lowest BCUT2D eigenvalue weighted by Gasteiger charge is -2.46. The highest BCUT2D eigenvalue weighted by atomic mass is 32.2. The van der Waals surface area contributed by atoms with Crippen LogP contribution in [0.1, 0.15) is 37.7 Å². The number of benzene rings is 1. The Bertz CT molecular complexity index is 620. The molecule has 20 heavy (non-hydrogen) atoms. The van der Waals surface area contributed by atoms with E-state index in [0.29, 0.717) is 30.0 Å². The molecular weight excluding hydrogens is 274 g/mol. The van der Waals surface area contributed by atoms with Crippen LogP contribution in [-0.4, -0.2) is 25.9 Å². The zero-order valence-corrected chi connectivity index (χ0v) is 12.6. The Labute approximate surface area is 120 Å². The number of nitrogens with two attached hydrogens (primary N) is 1. The third-order valence-electron chi connectivity index (χ3n) is 4.67. The molecule has 1 heterocycles. The number of hydrogen-bond donors (Lipinski definition) is 1. The van der Waals surface area contributed by atoms with Gasteiger partial charge in [-0.25, -0.2) is 8.42 Å². The summed E-state index contributed by atoms with van der Waals surface area (Å²) in [7, 11) is -3.32. The second kappa shape index (κ2) is 4.74. The molecule has 5 heteroatoms. The van der Waals surface area contributed by atoms with Crippen molar-refractivity contribution in [3.05, 3.63) is 23.8 Å². The van der Waals surface area contributed by atoms with Gasteiger partial charge in [-0.15, -0.1) is 0 Å². The van der Waals surface area contributed by atoms with Gasteiger partial charge in [0.25, 0.3) is 0 Å². The Hall–Kier alpha value is -1.07. The van der Waals surface area contributed by atoms with Gasteiger partial charge in [0.2, 0.25) is 0 Å². The smallest absolute Gasteiger partial charge is 0.181 e. The molecule has 0 radical (unpaired) electrons. The topological polar surface area (TPSA) is 69.4 Å². The van der Waals surface area contributed by atoms with Crippen molar-refractivity contribution in [2.24, 2.45) is 0 Å². The van der Waals surface area contributed by atoms with E-state index in [1.54, 1.807) is 18.2 Å². The van der Waals surface area contributed by atoms with Crippen LogP contribution in [0.5, 0.6) is 0 Å². The zero-order valence-electron chi connectivity index (χ0n) is 11.8. The molecular formula is C15H21NO3S. The largest absolute Gasteiger partial charge is 0.399 e. The average Bonchev–Trinajstić information content (AvgIpc) is 2.40. The maximum atomic E-state index is 12.9. The van der Waals surface area contributed by atoms with Gasteiger partial charge in [-0.2, -0.15) is 0 Å². The minimum Gasteiger partial charge on any atom is -0.399 e. The summed E-state index contributed by atoms with van der Waals surface area (Å²) in [4.78, 5) is 0.388. The first-order valence-corrected chi connectivity index (χ1v) is 8.72. The molecule has 2 fully saturated rings. The van der Waals surface area contributed by atoms with Crippen LogP contribution >= 0.6 is 0 Å². The third-order valence-corrected chi connectivity index (χ3v) is 7.00. The number of hydrogen-bond acceptors (Lipinski definition) is 4. The van der Waals surface area contributed by atoms with E-state index in [1.165, 1.54) is 0 Å². The van der Waals surface area contributed by atoms with Crippen LogP contribution < -0.4 is 5.73 Å². The molecule has 1 aliphatic heterocycles. The predicted molar refractivity (Wildman–Crippen MR) is 78.3 cm³/mol. The maximum Gasteiger partial charge on any atom is 0.181 e. The Morgan fingerprint density at radius 3 is 2.75 bits per heavy atom. The highest BCUT2D eigenvalue weighted by Crippen LogP contribution is 2.44. The first kappa shape index (κ1) is 13.9. The zero-order chi connectivity index (χ0) is 14.4. The average molecular weight is 295 g/mol. The molecule has 0 bridgehead atoms. The number of ether oxygens (including phenoxy) is 1. The normalized spacial score (nSPS) is 25.4. The van der Waals surface area contributed by atoms with E-state index in [9.17, 15) is 8.42 Å². The van der Waals surface area contributed by atoms with E-state index in [2.05, 4.69) is 0 Å². The molecule has 1 aromatic rings. The van der Waals surface area contributed by atoms with E-state index >= 15 is 0 Å². The van der Waals surface area contributed by atoms with Gasteiger partial charge in [0.05, 0.1) is 15.7 Å². The quantitative estimate of drug-likeness (QED) is 0.851. The highest BCUT2D eigenvalue weighted by molar-refractivity contribution is 7.92. The summed E-state index contributed by atoms with van der Waals surface area (Å²) in [5.41, 5.74) is 6.86. The van der Waals surface area contributed by atoms with Crippen LogP contribution in [0.2, 0.25) is 0 Å². The summed E-state index contributed by atoms with van der Waals surface area (Å²) >= 11 is 0. The molecule has 1 aromatic carbocycles. The summed E-state index contributed by atoms with van der Waals surface area (Å²) < 4.78 is 31.6. The molecule has 3 rings (SSSR count). The van der Waals surface area contributed by atoms with Crippen LogP contribution in [0.15, 0.2) is 23.1 Å². The van der Waals surface area contributed by atoms with Crippen molar-refractivity contribution in [2.45, 2.75) is 54.8 Å². The molecule has 4 nitrogen and oxygen atoms in total. The Morgan fingerprint density at radius 2 is 2.10 bits per heavy atom. The predicted octanol–water partition coefficient (Wildman–Crippen LogP) is 2.45. The van der Waals surface area contributed by atoms with Crippen molar-refractivity contribution >= 4 is 15.5 Å². The number of sulfone groups is 1. The van der Waals surface area contributed by atoms with Crippen molar-refractivity contribution in [1.29, 1.82) is 0 Å². The van der Waals surface area contributed by atoms with Gasteiger partial charge in [-0.1, -0.05) is 6.07 Å². The van der Waals surface area contributed by atoms with Crippen LogP contribution in [0.3, 0.4) is 0 Å². The molecule has 2 N–H and O–H groups in total. The van der Waals surface area contributed by atoms with E-state index in [1.807, 2.05) is 6.92 Å². The second-order valence-electron chi connectivity index (χ2n) is 6.07. The summed E-state index contributed by atoms with van der Waals surface area (Å²) in [5.74, 6) is 0. The number of nitrogen functional groups attached to an aromatic ring is 1. The van der Waals surface area contributed by atoms with E-state index in [0.717, 1.165) is 24.8 Å². The minimum atomic E-state index is -3.32. The fraction of sp³-hybridized carbons (Fsp3) is 0.600. The lowest BCUT2D eigenvalue weighted by molar-refractivity contribution is -0.125. The first-order chi connectivity index (χ1) is 9.43. The summed E-state index contributed by atoms with van der Waals surface area (Å²) in [6, 6.07) is 5.11. The third kappa shape index (κ3) is 2.23. The van der Waals surface area contributed by atoms with Crippen molar-refractivity contribution in [3.63, 3.8) is 0 Å². The highest BCUT2D eigenvalue weighted by Gasteiger charge is 2.46. The lowest BCUT2D eigenvalue weighted by Crippen LogP contribution is -2.49. The number of aryl methyl sites for hydroxylation is 1. The van der Waals surface area contributed by atoms with Gasteiger partial charge >= 0.3 is 0 Å². The molecule has 110 valence electrons. The Balaban J connectivity index is 1.93. The summed E-state index contributed by atoms with van der Waals surface area (Å²) in [5, 5.41) is -0.336. The van der Waals surface area contributed by atoms with Crippen LogP contribution in [0.25, 0.3) is 0 Å². The van der Waals surface area contributed by atoms with E-state index in [4.69, 9.17) is 10.5 Å². The molecule has 1 atom stereocenters. The summed E-state index contributed by atoms with van der Waals surface area (Å²) in [6.45, 7) is 2.37. The Kier molecular flexibility index (Phi) is 3.29. The van der Waals surface area contributed by atoms with E-state index < -0.39 is 9.84 Å². The van der Waals surface area contributed by atoms with Gasteiger partial charge < -0.3 is 10.5 Å². The maximum absolute atomic E-state index is 12.9. The molecule has 0 aromatic heterocycles. The molecule has 1 saturated carbocycles. The lowest BCUT2D eigenvalue weighted by atomic mass is 9.75. The van der Waals surface area contributed by atoms with Gasteiger partial charge in [0, 0.05) is 12.3 Å². The van der Waals surface area contributed by atoms with E-state index in [-0.39, 0.29) is 10.9 Å². The summed E-state index contributed by atoms with van der Waals surface area (Å²) in [6.07, 6.45) is 4.34. The number of rotatable bonds is 2. The monoisotopic (exact) mass is 295 g/mol. The fourth-order valence-corrected chi connectivity index (χ4v) is 5.38. The molecule has 1 unspecified atom stereocenters. The van der Waals surface area contributed by atoms with Crippen molar-refractivity contribution in [1.82, 2.24) is 0 Å². The molecule has 1 aliphatic carbocycles. The minimum absolute atomic E-state index is 0.162. The first-order valence-electron chi connectivity index (χ1n) is 7.17. The fourth-order valence-electron chi connectivity index (χ4n) is 3.27. The van der Waals surface area contributed by atoms with Crippen LogP contribution in [0.4, 0.5) is 5.69 Å². The second-order valence-corrected chi connectivity index (χ2v) is 8.27. The van der Waals surface area contributed by atoms with Gasteiger partial charge in [0.1, 0.15) is 0 Å². The van der Waals surface area contributed by atoms with Crippen molar-refractivity contribution < 1.29 is 13.2 Å². The van der Waals surface area contributed by atoms with Crippen LogP contribution in [0, 0.1) is 6.92 Å². The van der Waals surface area contributed by atoms with Crippen molar-refractivity contribution in [3.8, 4) is 0 Å². The Morgan fingerprint density at radius 1 is 1.35 bits per heavy atom. The SMILES string of the molecule is Cc1ccc(N)cc1S(=O)(=O)C1CCOC2(CCC2)C1. The van der Waals surface area contributed by atoms with Gasteiger partial charge in [-0.3, -0.25) is 0 Å². The van der Waals surface area contributed by atoms with Gasteiger partial charge in [0.15, 0.2) is 9.84 Å². The number of anilines is 1. The van der Waals surface area contributed by atoms with Crippen LogP contribution in [-0.2, 0) is 14.6 Å². The molecule has 2 aliphatic rings. The molecule has 1 saturated heterocycles. The van der Waals surface area contributed by atoms with Gasteiger partial charge in [-0.05, 0) is 56.7 Å². The van der Waals surface area contributed by atoms with Crippen molar-refractivity contribution in [2.75, 3.05) is 12.3 Å². The molecule has 0 amide bonds. The standard InChI is InChI=1S/C15H21NO3S/c1-11-3-4-12(16)9-14(11)20(17,18)13-5-8-19-15(10-13)6-2-7-15/h3-4,9,13H,2,5-8,10,16H2,1H3.